The predicted molar refractivity (Wildman–Crippen MR) is 104 cm³/mol. The van der Waals surface area contributed by atoms with E-state index in [-0.39, 0.29) is 0 Å². The molecule has 0 spiro atoms. The van der Waals surface area contributed by atoms with Crippen LogP contribution in [0.5, 0.6) is 0 Å². The molecule has 0 aliphatic heterocycles. The minimum Gasteiger partial charge on any atom is -0.414 e. The Morgan fingerprint density at radius 1 is 1.08 bits per heavy atom. The second kappa shape index (κ2) is 6.09. The lowest BCUT2D eigenvalue weighted by Gasteiger charge is -2.50. The summed E-state index contributed by atoms with van der Waals surface area (Å²) >= 11 is 0. The lowest BCUT2D eigenvalue weighted by molar-refractivity contribution is -0.0288. The van der Waals surface area contributed by atoms with Crippen LogP contribution in [-0.4, -0.2) is 26.1 Å². The van der Waals surface area contributed by atoms with Crippen molar-refractivity contribution >= 4 is 8.32 Å². The highest BCUT2D eigenvalue weighted by molar-refractivity contribution is 6.74. The van der Waals surface area contributed by atoms with E-state index in [1.54, 1.807) is 0 Å². The average molecular weight is 353 g/mol. The highest BCUT2D eigenvalue weighted by Crippen LogP contribution is 2.69. The molecule has 0 amide bonds. The van der Waals surface area contributed by atoms with Crippen LogP contribution >= 0.6 is 0 Å². The first-order chi connectivity index (χ1) is 11.1. The summed E-state index contributed by atoms with van der Waals surface area (Å²) in [6.45, 7) is 14.9. The molecule has 2 nitrogen and oxygen atoms in total. The van der Waals surface area contributed by atoms with Crippen LogP contribution in [0.25, 0.3) is 0 Å². The van der Waals surface area contributed by atoms with Gasteiger partial charge in [-0.3, -0.25) is 0 Å². The fourth-order valence-corrected chi connectivity index (χ4v) is 7.37. The average Bonchev–Trinajstić information content (AvgIpc) is 3.12. The third-order valence-corrected chi connectivity index (χ3v) is 13.1. The topological polar surface area (TPSA) is 29.5 Å². The molecule has 0 heterocycles. The predicted octanol–water partition coefficient (Wildman–Crippen LogP) is 5.76. The number of aliphatic hydroxyl groups is 1. The van der Waals surface area contributed by atoms with Crippen molar-refractivity contribution in [3.8, 4) is 0 Å². The first-order valence-corrected chi connectivity index (χ1v) is 13.3. The smallest absolute Gasteiger partial charge is 0.192 e. The Morgan fingerprint density at radius 2 is 1.75 bits per heavy atom. The van der Waals surface area contributed by atoms with E-state index in [1.807, 2.05) is 0 Å². The third-order valence-electron chi connectivity index (χ3n) is 8.56. The van der Waals surface area contributed by atoms with Gasteiger partial charge in [0.2, 0.25) is 0 Å². The largest absolute Gasteiger partial charge is 0.414 e. The first-order valence-electron chi connectivity index (χ1n) is 10.3. The zero-order valence-electron chi connectivity index (χ0n) is 17.0. The van der Waals surface area contributed by atoms with E-state index >= 15 is 0 Å². The summed E-state index contributed by atoms with van der Waals surface area (Å²) in [6, 6.07) is 0. The molecule has 0 bridgehead atoms. The Balaban J connectivity index is 1.78. The molecule has 0 aromatic rings. The maximum atomic E-state index is 9.56. The zero-order chi connectivity index (χ0) is 17.8. The van der Waals surface area contributed by atoms with Crippen LogP contribution < -0.4 is 0 Å². The van der Waals surface area contributed by atoms with E-state index < -0.39 is 8.32 Å². The van der Waals surface area contributed by atoms with Gasteiger partial charge in [-0.25, -0.2) is 0 Å². The summed E-state index contributed by atoms with van der Waals surface area (Å²) in [5.41, 5.74) is 0.939. The highest BCUT2D eigenvalue weighted by Gasteiger charge is 2.62. The molecule has 0 unspecified atom stereocenters. The van der Waals surface area contributed by atoms with Crippen LogP contribution in [0.1, 0.15) is 79.1 Å². The maximum Gasteiger partial charge on any atom is 0.192 e. The van der Waals surface area contributed by atoms with Gasteiger partial charge < -0.3 is 9.53 Å². The van der Waals surface area contributed by atoms with Crippen LogP contribution in [0.4, 0.5) is 0 Å². The monoisotopic (exact) mass is 352 g/mol. The molecular formula is C21H40O2Si. The molecule has 3 rings (SSSR count). The normalized spacial score (nSPS) is 38.9. The van der Waals surface area contributed by atoms with E-state index in [1.165, 1.54) is 44.9 Å². The molecule has 3 aliphatic rings. The van der Waals surface area contributed by atoms with Gasteiger partial charge in [0.1, 0.15) is 0 Å². The van der Waals surface area contributed by atoms with Crippen molar-refractivity contribution in [3.63, 3.8) is 0 Å². The van der Waals surface area contributed by atoms with Crippen LogP contribution in [0.15, 0.2) is 0 Å². The molecular weight excluding hydrogens is 312 g/mol. The minimum absolute atomic E-state index is 0.299. The van der Waals surface area contributed by atoms with Crippen molar-refractivity contribution in [2.75, 3.05) is 6.61 Å². The number of hydrogen-bond acceptors (Lipinski definition) is 2. The molecule has 3 heteroatoms. The van der Waals surface area contributed by atoms with Gasteiger partial charge in [0, 0.05) is 12.7 Å². The van der Waals surface area contributed by atoms with E-state index in [0.29, 0.717) is 28.6 Å². The van der Waals surface area contributed by atoms with E-state index in [4.69, 9.17) is 4.43 Å². The summed E-state index contributed by atoms with van der Waals surface area (Å²) in [4.78, 5) is 0. The minimum atomic E-state index is -1.69. The summed E-state index contributed by atoms with van der Waals surface area (Å²) in [5.74, 6) is 1.58. The van der Waals surface area contributed by atoms with Gasteiger partial charge in [0.25, 0.3) is 0 Å². The van der Waals surface area contributed by atoms with E-state index in [2.05, 4.69) is 40.8 Å². The zero-order valence-corrected chi connectivity index (χ0v) is 18.0. The third kappa shape index (κ3) is 3.03. The summed E-state index contributed by atoms with van der Waals surface area (Å²) in [7, 11) is -1.69. The molecule has 0 aromatic heterocycles. The molecule has 3 saturated carbocycles. The van der Waals surface area contributed by atoms with Crippen molar-refractivity contribution < 1.29 is 9.53 Å². The molecule has 4 atom stereocenters. The van der Waals surface area contributed by atoms with E-state index in [0.717, 1.165) is 18.3 Å². The first kappa shape index (κ1) is 18.9. The van der Waals surface area contributed by atoms with Gasteiger partial charge in [-0.05, 0) is 85.7 Å². The SMILES string of the molecule is CC(C)(C)[Si](C)(C)O[C@H]1CCC[C@]2(C)[C@@H](C3(CCO)CC3)CC[C@@H]12. The standard InChI is InChI=1S/C21H40O2Si/c1-19(2,3)24(5,6)23-17-8-7-11-20(4)16(17)9-10-18(20)21(12-13-21)14-15-22/h16-18,22H,7-15H2,1-6H3/t16-,17-,18-,20-/m0/s1. The van der Waals surface area contributed by atoms with E-state index in [9.17, 15) is 5.11 Å². The second-order valence-corrected chi connectivity index (χ2v) is 15.6. The fourth-order valence-electron chi connectivity index (χ4n) is 5.98. The maximum absolute atomic E-state index is 9.56. The van der Waals surface area contributed by atoms with Crippen molar-refractivity contribution in [2.45, 2.75) is 103 Å². The molecule has 0 radical (unpaired) electrons. The van der Waals surface area contributed by atoms with Gasteiger partial charge in [-0.2, -0.15) is 0 Å². The lowest BCUT2D eigenvalue weighted by Crippen LogP contribution is -2.50. The summed E-state index contributed by atoms with van der Waals surface area (Å²) in [6.07, 6.45) is 10.9. The number of rotatable bonds is 5. The molecule has 3 fully saturated rings. The van der Waals surface area contributed by atoms with Gasteiger partial charge in [0.05, 0.1) is 0 Å². The Hall–Kier alpha value is 0.137. The van der Waals surface area contributed by atoms with Crippen LogP contribution in [0, 0.1) is 22.7 Å². The van der Waals surface area contributed by atoms with Crippen molar-refractivity contribution in [1.82, 2.24) is 0 Å². The number of hydrogen-bond donors (Lipinski definition) is 1. The Bertz CT molecular complexity index is 463. The molecule has 0 saturated heterocycles. The summed E-state index contributed by atoms with van der Waals surface area (Å²) in [5, 5.41) is 9.86. The number of fused-ring (bicyclic) bond motifs is 1. The summed E-state index contributed by atoms with van der Waals surface area (Å²) < 4.78 is 6.95. The Kier molecular flexibility index (Phi) is 4.80. The second-order valence-electron chi connectivity index (χ2n) is 10.9. The molecule has 3 aliphatic carbocycles. The van der Waals surface area contributed by atoms with Gasteiger partial charge in [-0.1, -0.05) is 34.1 Å². The van der Waals surface area contributed by atoms with Crippen LogP contribution in [0.3, 0.4) is 0 Å². The molecule has 140 valence electrons. The molecule has 1 N–H and O–H groups in total. The Morgan fingerprint density at radius 3 is 2.29 bits per heavy atom. The number of aliphatic hydroxyl groups excluding tert-OH is 1. The van der Waals surface area contributed by atoms with Crippen LogP contribution in [0.2, 0.25) is 18.1 Å². The van der Waals surface area contributed by atoms with Crippen LogP contribution in [-0.2, 0) is 4.43 Å². The Labute approximate surface area is 150 Å². The quantitative estimate of drug-likeness (QED) is 0.638. The van der Waals surface area contributed by atoms with Gasteiger partial charge in [0.15, 0.2) is 8.32 Å². The lowest BCUT2D eigenvalue weighted by atomic mass is 9.60. The van der Waals surface area contributed by atoms with Crippen molar-refractivity contribution in [1.29, 1.82) is 0 Å². The highest BCUT2D eigenvalue weighted by atomic mass is 28.4. The van der Waals surface area contributed by atoms with Crippen molar-refractivity contribution in [2.24, 2.45) is 22.7 Å². The van der Waals surface area contributed by atoms with Crippen molar-refractivity contribution in [3.05, 3.63) is 0 Å². The van der Waals surface area contributed by atoms with Gasteiger partial charge >= 0.3 is 0 Å². The molecule has 0 aromatic carbocycles. The fraction of sp³-hybridized carbons (Fsp3) is 1.00. The van der Waals surface area contributed by atoms with Gasteiger partial charge in [-0.15, -0.1) is 0 Å². The molecule has 24 heavy (non-hydrogen) atoms.